The lowest BCUT2D eigenvalue weighted by Gasteiger charge is -2.34. The Labute approximate surface area is 125 Å². The van der Waals surface area contributed by atoms with Crippen molar-refractivity contribution in [3.05, 3.63) is 58.3 Å². The first-order valence-electron chi connectivity index (χ1n) is 7.92. The molecule has 2 atom stereocenters. The van der Waals surface area contributed by atoms with E-state index in [1.165, 1.54) is 22.5 Å². The molecule has 2 heteroatoms. The van der Waals surface area contributed by atoms with Crippen molar-refractivity contribution in [1.29, 1.82) is 0 Å². The molecule has 1 aliphatic heterocycles. The molecule has 4 aliphatic rings. The van der Waals surface area contributed by atoms with Gasteiger partial charge in [-0.05, 0) is 46.0 Å². The first-order valence-corrected chi connectivity index (χ1v) is 11.4. The summed E-state index contributed by atoms with van der Waals surface area (Å²) in [5, 5.41) is 1.63. The molecule has 1 aromatic carbocycles. The highest BCUT2D eigenvalue weighted by molar-refractivity contribution is 6.89. The van der Waals surface area contributed by atoms with Crippen molar-refractivity contribution < 1.29 is 0 Å². The second kappa shape index (κ2) is 2.80. The van der Waals surface area contributed by atoms with Gasteiger partial charge in [0.2, 0.25) is 0 Å². The molecular formula is C19H17NSi. The maximum atomic E-state index is 5.16. The van der Waals surface area contributed by atoms with Crippen LogP contribution >= 0.6 is 0 Å². The molecule has 102 valence electrons. The average Bonchev–Trinajstić information content (AvgIpc) is 3.06. The molecule has 1 aromatic heterocycles. The molecule has 1 nitrogen and oxygen atoms in total. The van der Waals surface area contributed by atoms with E-state index in [4.69, 9.17) is 4.98 Å². The number of pyridine rings is 1. The van der Waals surface area contributed by atoms with E-state index in [0.717, 1.165) is 6.42 Å². The molecule has 0 radical (unpaired) electrons. The van der Waals surface area contributed by atoms with Crippen LogP contribution in [0.5, 0.6) is 0 Å². The van der Waals surface area contributed by atoms with Gasteiger partial charge in [0, 0.05) is 17.2 Å². The maximum absolute atomic E-state index is 5.16. The minimum Gasteiger partial charge on any atom is -0.252 e. The molecule has 0 amide bonds. The summed E-state index contributed by atoms with van der Waals surface area (Å²) in [6.45, 7) is 7.41. The van der Waals surface area contributed by atoms with Crippen molar-refractivity contribution in [3.63, 3.8) is 0 Å². The van der Waals surface area contributed by atoms with Gasteiger partial charge in [0.05, 0.1) is 19.2 Å². The third kappa shape index (κ3) is 0.988. The van der Waals surface area contributed by atoms with E-state index >= 15 is 0 Å². The summed E-state index contributed by atoms with van der Waals surface area (Å²) >= 11 is 0. The normalized spacial score (nSPS) is 28.0. The molecule has 2 heterocycles. The minimum absolute atomic E-state index is 0.243. The number of hydrogen-bond donors (Lipinski definition) is 0. The van der Waals surface area contributed by atoms with Crippen LogP contribution in [0.4, 0.5) is 0 Å². The van der Waals surface area contributed by atoms with Crippen LogP contribution in [0.2, 0.25) is 19.6 Å². The van der Waals surface area contributed by atoms with Crippen LogP contribution in [-0.4, -0.2) is 13.1 Å². The van der Waals surface area contributed by atoms with Gasteiger partial charge >= 0.3 is 0 Å². The molecule has 2 unspecified atom stereocenters. The van der Waals surface area contributed by atoms with Crippen LogP contribution < -0.4 is 5.19 Å². The van der Waals surface area contributed by atoms with Crippen molar-refractivity contribution in [2.24, 2.45) is 0 Å². The van der Waals surface area contributed by atoms with Crippen molar-refractivity contribution in [2.45, 2.75) is 37.4 Å². The van der Waals surface area contributed by atoms with E-state index in [2.05, 4.69) is 50.0 Å². The Morgan fingerprint density at radius 1 is 1.19 bits per heavy atom. The van der Waals surface area contributed by atoms with Gasteiger partial charge in [0.25, 0.3) is 0 Å². The standard InChI is InChI=1S/C19H17NSi/c1-21(2,3)18-11-6-10-7-12-15(9-11)20-17(18)13-4-5-19(13)14(8-10)16(12)19/h4-5,7-9,13H,6H2,1-3H3. The van der Waals surface area contributed by atoms with Crippen molar-refractivity contribution in [1.82, 2.24) is 4.98 Å². The Balaban J connectivity index is 1.84. The van der Waals surface area contributed by atoms with Crippen molar-refractivity contribution in [2.75, 3.05) is 0 Å². The van der Waals surface area contributed by atoms with Gasteiger partial charge in [-0.1, -0.05) is 37.9 Å². The zero-order chi connectivity index (χ0) is 14.1. The van der Waals surface area contributed by atoms with Gasteiger partial charge < -0.3 is 0 Å². The predicted molar refractivity (Wildman–Crippen MR) is 88.1 cm³/mol. The van der Waals surface area contributed by atoms with E-state index in [1.807, 2.05) is 0 Å². The van der Waals surface area contributed by atoms with Gasteiger partial charge in [-0.2, -0.15) is 0 Å². The molecular weight excluding hydrogens is 270 g/mol. The minimum atomic E-state index is -1.40. The molecule has 0 N–H and O–H groups in total. The summed E-state index contributed by atoms with van der Waals surface area (Å²) in [6, 6.07) is 7.29. The third-order valence-corrected chi connectivity index (χ3v) is 7.96. The van der Waals surface area contributed by atoms with Gasteiger partial charge in [0.15, 0.2) is 0 Å². The molecule has 3 aliphatic carbocycles. The van der Waals surface area contributed by atoms with E-state index < -0.39 is 8.07 Å². The third-order valence-electron chi connectivity index (χ3n) is 5.88. The SMILES string of the molecule is C[Si](C)(C)c1c2cc3nc1C1C=CC14c1cc(cc-3c14)C2. The molecule has 0 saturated carbocycles. The number of allylic oxidation sites excluding steroid dienone is 2. The van der Waals surface area contributed by atoms with Gasteiger partial charge in [-0.15, -0.1) is 0 Å². The molecule has 2 aromatic rings. The monoisotopic (exact) mass is 287 g/mol. The fourth-order valence-corrected chi connectivity index (χ4v) is 7.18. The summed E-state index contributed by atoms with van der Waals surface area (Å²) in [7, 11) is -1.40. The molecule has 5 bridgehead atoms. The number of benzene rings is 1. The number of fused-ring (bicyclic) bond motifs is 4. The van der Waals surface area contributed by atoms with Crippen molar-refractivity contribution in [3.8, 4) is 11.3 Å². The lowest BCUT2D eigenvalue weighted by atomic mass is 9.73. The maximum Gasteiger partial charge on any atom is 0.0803 e. The van der Waals surface area contributed by atoms with Crippen LogP contribution in [-0.2, 0) is 11.8 Å². The Bertz CT molecular complexity index is 916. The lowest BCUT2D eigenvalue weighted by molar-refractivity contribution is 0.610. The number of rotatable bonds is 1. The number of hydrogen-bond acceptors (Lipinski definition) is 1. The average molecular weight is 287 g/mol. The predicted octanol–water partition coefficient (Wildman–Crippen LogP) is 3.46. The Morgan fingerprint density at radius 3 is 2.76 bits per heavy atom. The first-order chi connectivity index (χ1) is 10.00. The zero-order valence-corrected chi connectivity index (χ0v) is 13.6. The van der Waals surface area contributed by atoms with Crippen LogP contribution in [0.15, 0.2) is 30.4 Å². The van der Waals surface area contributed by atoms with Gasteiger partial charge in [-0.3, -0.25) is 4.98 Å². The first kappa shape index (κ1) is 11.0. The fraction of sp³-hybridized carbons (Fsp3) is 0.316. The molecule has 1 spiro atoms. The highest BCUT2D eigenvalue weighted by atomic mass is 28.3. The largest absolute Gasteiger partial charge is 0.252 e. The molecule has 0 fully saturated rings. The van der Waals surface area contributed by atoms with Crippen LogP contribution in [0, 0.1) is 0 Å². The van der Waals surface area contributed by atoms with Gasteiger partial charge in [0.1, 0.15) is 0 Å². The second-order valence-corrected chi connectivity index (χ2v) is 13.1. The molecule has 21 heavy (non-hydrogen) atoms. The Kier molecular flexibility index (Phi) is 1.46. The van der Waals surface area contributed by atoms with E-state index in [-0.39, 0.29) is 5.41 Å². The number of nitrogens with zero attached hydrogens (tertiary/aromatic N) is 1. The quantitative estimate of drug-likeness (QED) is 0.493. The fourth-order valence-electron chi connectivity index (χ4n) is 5.08. The Hall–Kier alpha value is -1.67. The topological polar surface area (TPSA) is 12.9 Å². The Morgan fingerprint density at radius 2 is 2.05 bits per heavy atom. The molecule has 0 saturated heterocycles. The van der Waals surface area contributed by atoms with Crippen LogP contribution in [0.1, 0.15) is 33.9 Å². The van der Waals surface area contributed by atoms with Crippen molar-refractivity contribution >= 4 is 13.3 Å². The molecule has 6 rings (SSSR count). The van der Waals surface area contributed by atoms with Crippen LogP contribution in [0.25, 0.3) is 11.3 Å². The second-order valence-electron chi connectivity index (χ2n) is 8.13. The highest BCUT2D eigenvalue weighted by Crippen LogP contribution is 2.68. The zero-order valence-electron chi connectivity index (χ0n) is 12.6. The summed E-state index contributed by atoms with van der Waals surface area (Å²) in [6.07, 6.45) is 5.94. The highest BCUT2D eigenvalue weighted by Gasteiger charge is 2.62. The summed E-state index contributed by atoms with van der Waals surface area (Å²) in [4.78, 5) is 5.16. The number of aromatic nitrogens is 1. The van der Waals surface area contributed by atoms with E-state index in [9.17, 15) is 0 Å². The smallest absolute Gasteiger partial charge is 0.0803 e. The summed E-state index contributed by atoms with van der Waals surface area (Å²) in [5.41, 5.74) is 10.6. The summed E-state index contributed by atoms with van der Waals surface area (Å²) < 4.78 is 0. The van der Waals surface area contributed by atoms with E-state index in [1.54, 1.807) is 21.9 Å². The van der Waals surface area contributed by atoms with Gasteiger partial charge in [-0.25, -0.2) is 0 Å². The lowest BCUT2D eigenvalue weighted by Crippen LogP contribution is -2.45. The summed E-state index contributed by atoms with van der Waals surface area (Å²) in [5.74, 6) is 0.516. The van der Waals surface area contributed by atoms with E-state index in [0.29, 0.717) is 5.92 Å². The van der Waals surface area contributed by atoms with Crippen LogP contribution in [0.3, 0.4) is 0 Å².